The zero-order valence-electron chi connectivity index (χ0n) is 24.2. The molecule has 228 valence electrons. The highest BCUT2D eigenvalue weighted by atomic mass is 32.2. The van der Waals surface area contributed by atoms with E-state index in [1.807, 2.05) is 4.57 Å². The highest BCUT2D eigenvalue weighted by Crippen LogP contribution is 2.32. The monoisotopic (exact) mass is 621 g/mol. The van der Waals surface area contributed by atoms with Gasteiger partial charge in [0, 0.05) is 31.4 Å². The lowest BCUT2D eigenvalue weighted by molar-refractivity contribution is -0.645. The molecule has 4 aromatic rings. The van der Waals surface area contributed by atoms with Crippen molar-refractivity contribution in [2.45, 2.75) is 39.7 Å². The molecular weight excluding hydrogens is 592 g/mol. The minimum Gasteiger partial charge on any atom is -0.497 e. The van der Waals surface area contributed by atoms with Gasteiger partial charge in [-0.15, -0.1) is 5.06 Å². The summed E-state index contributed by atoms with van der Waals surface area (Å²) in [7, 11) is -2.67. The normalized spacial score (nSPS) is 13.5. The lowest BCUT2D eigenvalue weighted by atomic mass is 10.0. The molecule has 12 nitrogen and oxygen atoms in total. The number of carbonyl (C=O) groups is 4. The van der Waals surface area contributed by atoms with Crippen molar-refractivity contribution in [3.63, 3.8) is 0 Å². The molecule has 0 bridgehead atoms. The summed E-state index contributed by atoms with van der Waals surface area (Å²) in [6.45, 7) is 3.53. The maximum Gasteiger partial charge on any atom is 0.363 e. The quantitative estimate of drug-likeness (QED) is 0.0731. The highest BCUT2D eigenvalue weighted by Gasteiger charge is 2.33. The molecule has 1 fully saturated rings. The van der Waals surface area contributed by atoms with Crippen molar-refractivity contribution in [2.75, 3.05) is 12.9 Å². The maximum absolute atomic E-state index is 14.0. The number of hydrogen-bond donors (Lipinski definition) is 1. The summed E-state index contributed by atoms with van der Waals surface area (Å²) < 4.78 is 45.3. The second-order valence-electron chi connectivity index (χ2n) is 10.4. The van der Waals surface area contributed by atoms with Crippen LogP contribution in [0, 0.1) is 13.8 Å². The average Bonchev–Trinajstić information content (AvgIpc) is 3.29. The van der Waals surface area contributed by atoms with Gasteiger partial charge in [-0.05, 0) is 55.3 Å². The van der Waals surface area contributed by atoms with E-state index < -0.39 is 39.6 Å². The Bertz CT molecular complexity index is 1930. The Labute approximate surface area is 252 Å². The summed E-state index contributed by atoms with van der Waals surface area (Å²) in [4.78, 5) is 55.4. The first kappa shape index (κ1) is 30.6. The molecule has 0 radical (unpaired) electrons. The first-order valence-corrected chi connectivity index (χ1v) is 15.3. The van der Waals surface area contributed by atoms with Gasteiger partial charge in [-0.2, -0.15) is 13.0 Å². The molecule has 1 aliphatic heterocycles. The SMILES string of the molecule is COc1ccc2c(c1)c(C(=O)Oc1c(C)cc(C(=O)ON3C(=O)CCC3=O)cc1C)c1ccccc1[n+]2CCCS(=O)(=O)O. The van der Waals surface area contributed by atoms with Gasteiger partial charge in [0.1, 0.15) is 11.5 Å². The molecule has 1 aromatic heterocycles. The topological polar surface area (TPSA) is 157 Å². The van der Waals surface area contributed by atoms with Crippen LogP contribution in [0.5, 0.6) is 11.5 Å². The van der Waals surface area contributed by atoms with Crippen molar-refractivity contribution < 1.29 is 51.0 Å². The number of hydroxylamine groups is 2. The van der Waals surface area contributed by atoms with Crippen molar-refractivity contribution in [2.24, 2.45) is 0 Å². The van der Waals surface area contributed by atoms with Crippen molar-refractivity contribution >= 4 is 55.7 Å². The molecule has 13 heteroatoms. The van der Waals surface area contributed by atoms with Gasteiger partial charge in [0.05, 0.1) is 34.8 Å². The summed E-state index contributed by atoms with van der Waals surface area (Å²) in [6, 6.07) is 15.2. The molecule has 1 aliphatic rings. The van der Waals surface area contributed by atoms with Crippen molar-refractivity contribution in [3.8, 4) is 11.5 Å². The number of aromatic nitrogens is 1. The molecule has 1 N–H and O–H groups in total. The number of methoxy groups -OCH3 is 1. The number of hydrogen-bond acceptors (Lipinski definition) is 9. The van der Waals surface area contributed by atoms with Crippen molar-refractivity contribution in [3.05, 3.63) is 76.9 Å². The molecule has 3 aromatic carbocycles. The second kappa shape index (κ2) is 12.0. The van der Waals surface area contributed by atoms with E-state index in [1.54, 1.807) is 56.3 Å². The Balaban J connectivity index is 1.54. The van der Waals surface area contributed by atoms with Crippen LogP contribution >= 0.6 is 0 Å². The lowest BCUT2D eigenvalue weighted by Crippen LogP contribution is -2.37. The predicted molar refractivity (Wildman–Crippen MR) is 157 cm³/mol. The molecule has 2 amide bonds. The number of esters is 1. The Hall–Kier alpha value is -4.88. The van der Waals surface area contributed by atoms with Gasteiger partial charge in [-0.25, -0.2) is 9.59 Å². The number of ether oxygens (including phenoxy) is 2. The van der Waals surface area contributed by atoms with Gasteiger partial charge in [0.25, 0.3) is 21.9 Å². The van der Waals surface area contributed by atoms with Crippen molar-refractivity contribution in [1.82, 2.24) is 5.06 Å². The number of benzene rings is 3. The molecule has 0 atom stereocenters. The molecule has 0 unspecified atom stereocenters. The van der Waals surface area contributed by atoms with Crippen LogP contribution in [0.1, 0.15) is 51.1 Å². The molecule has 1 saturated heterocycles. The lowest BCUT2D eigenvalue weighted by Gasteiger charge is -2.16. The van der Waals surface area contributed by atoms with Gasteiger partial charge < -0.3 is 14.3 Å². The molecule has 2 heterocycles. The molecular formula is C31H29N2O10S+. The van der Waals surface area contributed by atoms with E-state index in [2.05, 4.69) is 0 Å². The number of amides is 2. The molecule has 5 rings (SSSR count). The van der Waals surface area contributed by atoms with Crippen LogP contribution in [0.15, 0.2) is 54.6 Å². The number of nitrogens with zero attached hydrogens (tertiary/aromatic N) is 2. The summed E-state index contributed by atoms with van der Waals surface area (Å²) in [5.41, 5.74) is 2.44. The van der Waals surface area contributed by atoms with E-state index in [4.69, 9.17) is 14.3 Å². The summed E-state index contributed by atoms with van der Waals surface area (Å²) >= 11 is 0. The summed E-state index contributed by atoms with van der Waals surface area (Å²) in [5.74, 6) is -2.51. The van der Waals surface area contributed by atoms with E-state index in [1.165, 1.54) is 19.2 Å². The average molecular weight is 622 g/mol. The minimum absolute atomic E-state index is 0.0294. The highest BCUT2D eigenvalue weighted by molar-refractivity contribution is 7.85. The fourth-order valence-electron chi connectivity index (χ4n) is 5.31. The van der Waals surface area contributed by atoms with Crippen LogP contribution in [-0.4, -0.2) is 54.6 Å². The van der Waals surface area contributed by atoms with Crippen molar-refractivity contribution in [1.29, 1.82) is 0 Å². The van der Waals surface area contributed by atoms with E-state index in [-0.39, 0.29) is 42.7 Å². The van der Waals surface area contributed by atoms with Gasteiger partial charge in [-0.1, -0.05) is 12.1 Å². The zero-order valence-corrected chi connectivity index (χ0v) is 25.0. The van der Waals surface area contributed by atoms with Crippen LogP contribution in [0.3, 0.4) is 0 Å². The minimum atomic E-state index is -4.16. The predicted octanol–water partition coefficient (Wildman–Crippen LogP) is 3.62. The van der Waals surface area contributed by atoms with Gasteiger partial charge >= 0.3 is 11.9 Å². The largest absolute Gasteiger partial charge is 0.497 e. The first-order chi connectivity index (χ1) is 20.9. The van der Waals surface area contributed by atoms with Gasteiger partial charge in [0.2, 0.25) is 11.0 Å². The molecule has 44 heavy (non-hydrogen) atoms. The van der Waals surface area contributed by atoms with Crippen LogP contribution < -0.4 is 14.0 Å². The number of fused-ring (bicyclic) bond motifs is 2. The first-order valence-electron chi connectivity index (χ1n) is 13.7. The summed E-state index contributed by atoms with van der Waals surface area (Å²) in [5, 5.41) is 1.51. The third-order valence-corrected chi connectivity index (χ3v) is 8.09. The zero-order chi connectivity index (χ0) is 31.8. The van der Waals surface area contributed by atoms with E-state index >= 15 is 0 Å². The summed E-state index contributed by atoms with van der Waals surface area (Å²) in [6.07, 6.45) is 0.0718. The van der Waals surface area contributed by atoms with Crippen LogP contribution in [0.25, 0.3) is 21.8 Å². The van der Waals surface area contributed by atoms with Gasteiger partial charge in [-0.3, -0.25) is 14.1 Å². The maximum atomic E-state index is 14.0. The smallest absolute Gasteiger partial charge is 0.363 e. The Kier molecular flexibility index (Phi) is 8.35. The number of rotatable bonds is 9. The fraction of sp³-hybridized carbons (Fsp3) is 0.258. The molecule has 0 aliphatic carbocycles. The van der Waals surface area contributed by atoms with Crippen LogP contribution in [0.4, 0.5) is 0 Å². The Morgan fingerprint density at radius 2 is 1.55 bits per heavy atom. The third-order valence-electron chi connectivity index (χ3n) is 7.29. The molecule has 0 saturated carbocycles. The van der Waals surface area contributed by atoms with Crippen LogP contribution in [0.2, 0.25) is 0 Å². The number of imide groups is 1. The number of aryl methyl sites for hydroxylation is 3. The van der Waals surface area contributed by atoms with E-state index in [9.17, 15) is 32.1 Å². The second-order valence-corrected chi connectivity index (χ2v) is 11.9. The van der Waals surface area contributed by atoms with Gasteiger partial charge in [0.15, 0.2) is 6.54 Å². The van der Waals surface area contributed by atoms with E-state index in [0.29, 0.717) is 43.7 Å². The Morgan fingerprint density at radius 3 is 2.18 bits per heavy atom. The standard InChI is InChI=1S/C31H28N2O10S/c1-18-15-20(30(36)43-33-26(34)11-12-27(33)35)16-19(2)29(18)42-31(37)28-22-7-4-5-8-24(22)32(13-6-14-44(38,39)40)25-10-9-21(41-3)17-23(25)28/h4-5,7-10,15-17H,6,11-14H2,1-3H3/p+1. The number of pyridine rings is 1. The number of carbonyl (C=O) groups excluding carboxylic acids is 4. The third kappa shape index (κ3) is 6.10. The Morgan fingerprint density at radius 1 is 0.909 bits per heavy atom. The number of para-hydroxylation sites is 1. The van der Waals surface area contributed by atoms with E-state index in [0.717, 1.165) is 0 Å². The molecule has 0 spiro atoms. The fourth-order valence-corrected chi connectivity index (χ4v) is 5.80. The van der Waals surface area contributed by atoms with Crippen LogP contribution in [-0.2, 0) is 31.1 Å².